The van der Waals surface area contributed by atoms with Crippen molar-refractivity contribution in [2.45, 2.75) is 108 Å². The number of Topliss-reactive ketones (excluding diaryl/α,β-unsaturated/α-hetero) is 1. The summed E-state index contributed by atoms with van der Waals surface area (Å²) in [6.07, 6.45) is -10.8. The van der Waals surface area contributed by atoms with E-state index in [2.05, 4.69) is 5.32 Å². The highest BCUT2D eigenvalue weighted by molar-refractivity contribution is 5.96. The van der Waals surface area contributed by atoms with E-state index in [9.17, 15) is 34.2 Å². The minimum absolute atomic E-state index is 0.00229. The van der Waals surface area contributed by atoms with Gasteiger partial charge in [-0.1, -0.05) is 80.6 Å². The first-order chi connectivity index (χ1) is 33.2. The molecule has 3 N–H and O–H groups in total. The molecule has 4 aliphatic rings. The number of aliphatic hydroxyl groups excluding tert-OH is 1. The summed E-state index contributed by atoms with van der Waals surface area (Å²) in [7, 11) is 1.44. The maximum absolute atomic E-state index is 15.7. The Bertz CT molecular complexity index is 2500. The van der Waals surface area contributed by atoms with Gasteiger partial charge in [-0.3, -0.25) is 19.2 Å². The molecule has 1 unspecified atom stereocenters. The highest BCUT2D eigenvalue weighted by atomic mass is 16.6. The molecule has 11 atom stereocenters. The summed E-state index contributed by atoms with van der Waals surface area (Å²) in [5, 5.41) is 28.9. The van der Waals surface area contributed by atoms with Gasteiger partial charge in [-0.05, 0) is 54.8 Å². The second kappa shape index (κ2) is 20.6. The number of hydrogen-bond acceptors (Lipinski definition) is 17. The average Bonchev–Trinajstić information content (AvgIpc) is 3.32. The lowest BCUT2D eigenvalue weighted by Crippen LogP contribution is -2.82. The number of fused-ring (bicyclic) bond motifs is 5. The molecule has 18 nitrogen and oxygen atoms in total. The molecule has 2 bridgehead atoms. The Morgan fingerprint density at radius 3 is 2.01 bits per heavy atom. The lowest BCUT2D eigenvalue weighted by atomic mass is 9.44. The Morgan fingerprint density at radius 1 is 0.829 bits per heavy atom. The van der Waals surface area contributed by atoms with E-state index in [0.717, 1.165) is 13.8 Å². The van der Waals surface area contributed by atoms with Gasteiger partial charge in [0.2, 0.25) is 6.10 Å². The Kier molecular flexibility index (Phi) is 15.1. The van der Waals surface area contributed by atoms with Crippen LogP contribution in [0.15, 0.2) is 102 Å². The number of nitrogens with one attached hydrogen (secondary N) is 1. The quantitative estimate of drug-likeness (QED) is 0.0796. The van der Waals surface area contributed by atoms with Crippen molar-refractivity contribution in [2.24, 2.45) is 16.7 Å². The van der Waals surface area contributed by atoms with Gasteiger partial charge in [0.05, 0.1) is 42.8 Å². The predicted octanol–water partition coefficient (Wildman–Crippen LogP) is 3.95. The molecular formula is C52H59NO17. The first-order valence-electron chi connectivity index (χ1n) is 23.0. The van der Waals surface area contributed by atoms with Crippen molar-refractivity contribution in [2.75, 3.05) is 33.5 Å². The van der Waals surface area contributed by atoms with Crippen LogP contribution in [0.3, 0.4) is 0 Å². The summed E-state index contributed by atoms with van der Waals surface area (Å²) in [5.41, 5.74) is -7.45. The number of ether oxygens (including phenoxy) is 8. The zero-order valence-corrected chi connectivity index (χ0v) is 40.0. The number of aliphatic hydroxyl groups is 2. The second-order valence-corrected chi connectivity index (χ2v) is 18.9. The van der Waals surface area contributed by atoms with E-state index >= 15 is 9.59 Å². The summed E-state index contributed by atoms with van der Waals surface area (Å²) in [4.78, 5) is 99.0. The first kappa shape index (κ1) is 51.5. The third-order valence-corrected chi connectivity index (χ3v) is 14.4. The molecule has 374 valence electrons. The van der Waals surface area contributed by atoms with Gasteiger partial charge < -0.3 is 53.4 Å². The van der Waals surface area contributed by atoms with Crippen LogP contribution >= 0.6 is 0 Å². The zero-order valence-electron chi connectivity index (χ0n) is 40.0. The molecule has 2 saturated carbocycles. The maximum atomic E-state index is 15.7. The molecule has 70 heavy (non-hydrogen) atoms. The molecule has 7 rings (SSSR count). The number of carbonyl (C=O) groups excluding carboxylic acids is 7. The Balaban J connectivity index is 1.41. The normalized spacial score (nSPS) is 29.5. The van der Waals surface area contributed by atoms with Crippen LogP contribution in [0.5, 0.6) is 0 Å². The van der Waals surface area contributed by atoms with Gasteiger partial charge in [0, 0.05) is 44.8 Å². The maximum Gasteiger partial charge on any atom is 0.350 e. The SMILES string of the molecule is COCCOCC(=O)O[C@@H](C(=O)O[C@H]1C[C@@]2(O)[C@@H](OC(=O)c3ccccc3)[C@H]3[C@](C)(C(=O)[C@H](OC(C)=O)C(=C1C)C2(C)C)[C@@H](O)CC1OC[C@]13OC(C)=O)[C@@H](NC(=O)c1ccccc1)c1ccccc1. The molecule has 3 aromatic rings. The van der Waals surface area contributed by atoms with E-state index < -0.39 is 125 Å². The number of benzene rings is 3. The summed E-state index contributed by atoms with van der Waals surface area (Å²) in [6, 6.07) is 22.7. The molecule has 1 amide bonds. The summed E-state index contributed by atoms with van der Waals surface area (Å²) in [5.74, 6) is -8.07. The van der Waals surface area contributed by atoms with Crippen LogP contribution in [0.25, 0.3) is 0 Å². The minimum atomic E-state index is -2.46. The van der Waals surface area contributed by atoms with Crippen LogP contribution < -0.4 is 5.32 Å². The summed E-state index contributed by atoms with van der Waals surface area (Å²) >= 11 is 0. The Hall–Kier alpha value is -6.31. The lowest BCUT2D eigenvalue weighted by Gasteiger charge is -2.67. The number of carbonyl (C=O) groups is 7. The van der Waals surface area contributed by atoms with E-state index in [1.807, 2.05) is 0 Å². The Morgan fingerprint density at radius 2 is 1.44 bits per heavy atom. The van der Waals surface area contributed by atoms with Crippen molar-refractivity contribution in [3.05, 3.63) is 119 Å². The van der Waals surface area contributed by atoms with Crippen molar-refractivity contribution in [1.82, 2.24) is 5.32 Å². The lowest BCUT2D eigenvalue weighted by molar-refractivity contribution is -0.346. The van der Waals surface area contributed by atoms with Crippen molar-refractivity contribution >= 4 is 41.5 Å². The van der Waals surface area contributed by atoms with Crippen LogP contribution in [0.2, 0.25) is 0 Å². The molecule has 0 aromatic heterocycles. The topological polar surface area (TPSA) is 246 Å². The van der Waals surface area contributed by atoms with Crippen LogP contribution in [-0.4, -0.2) is 133 Å². The summed E-state index contributed by atoms with van der Waals surface area (Å²) in [6.45, 7) is 7.36. The van der Waals surface area contributed by atoms with E-state index in [1.54, 1.807) is 92.7 Å². The number of methoxy groups -OCH3 is 1. The molecule has 3 aliphatic carbocycles. The fourth-order valence-electron chi connectivity index (χ4n) is 10.8. The zero-order chi connectivity index (χ0) is 50.8. The number of hydrogen-bond donors (Lipinski definition) is 3. The van der Waals surface area contributed by atoms with Gasteiger partial charge in [0.25, 0.3) is 5.91 Å². The number of rotatable bonds is 16. The fraction of sp³-hybridized carbons (Fsp3) is 0.481. The third kappa shape index (κ3) is 9.50. The molecule has 1 saturated heterocycles. The predicted molar refractivity (Wildman–Crippen MR) is 244 cm³/mol. The van der Waals surface area contributed by atoms with E-state index in [-0.39, 0.29) is 48.5 Å². The smallest absolute Gasteiger partial charge is 0.350 e. The van der Waals surface area contributed by atoms with E-state index in [4.69, 9.17) is 37.9 Å². The van der Waals surface area contributed by atoms with Gasteiger partial charge >= 0.3 is 29.8 Å². The molecule has 1 heterocycles. The van der Waals surface area contributed by atoms with Crippen LogP contribution in [0.4, 0.5) is 0 Å². The van der Waals surface area contributed by atoms with Gasteiger partial charge in [0.1, 0.15) is 36.6 Å². The molecule has 1 aliphatic heterocycles. The standard InChI is InChI=1S/C52H59NO17/c1-29-35(67-48(61)42(68-38(57)27-64-24-23-63-7)40(32-17-11-8-12-18-32)53-46(59)33-19-13-9-14-20-33)26-52(62)45(69-47(60)34-21-15-10-16-22-34)43-50(6,36(56)25-37-51(43,28-65-37)70-31(3)55)44(58)41(66-30(2)54)39(29)49(52,4)5/h8-22,35-37,40-43,45,56,62H,23-28H2,1-7H3,(H,53,59)/t35-,36-,37?,40-,41+,42+,43-,45-,50+,51-,52+/m0/s1. The van der Waals surface area contributed by atoms with Gasteiger partial charge in [-0.25, -0.2) is 14.4 Å². The van der Waals surface area contributed by atoms with Crippen molar-refractivity contribution in [3.8, 4) is 0 Å². The molecule has 0 spiro atoms. The number of ketones is 1. The van der Waals surface area contributed by atoms with Crippen LogP contribution in [-0.2, 0) is 61.9 Å². The van der Waals surface area contributed by atoms with Gasteiger partial charge in [0.15, 0.2) is 17.5 Å². The largest absolute Gasteiger partial charge is 0.455 e. The first-order valence-corrected chi connectivity index (χ1v) is 23.0. The van der Waals surface area contributed by atoms with Gasteiger partial charge in [-0.2, -0.15) is 0 Å². The minimum Gasteiger partial charge on any atom is -0.455 e. The average molecular weight is 970 g/mol. The van der Waals surface area contributed by atoms with Crippen LogP contribution in [0, 0.1) is 16.7 Å². The van der Waals surface area contributed by atoms with E-state index in [0.29, 0.717) is 5.56 Å². The summed E-state index contributed by atoms with van der Waals surface area (Å²) < 4.78 is 47.0. The molecule has 3 aromatic carbocycles. The fourth-order valence-corrected chi connectivity index (χ4v) is 10.8. The Labute approximate surface area is 404 Å². The van der Waals surface area contributed by atoms with Crippen molar-refractivity contribution in [1.29, 1.82) is 0 Å². The monoisotopic (exact) mass is 969 g/mol. The number of amides is 1. The highest BCUT2D eigenvalue weighted by Crippen LogP contribution is 2.64. The molecule has 18 heteroatoms. The van der Waals surface area contributed by atoms with Crippen molar-refractivity contribution < 1.29 is 81.7 Å². The van der Waals surface area contributed by atoms with E-state index in [1.165, 1.54) is 33.1 Å². The highest BCUT2D eigenvalue weighted by Gasteiger charge is 2.78. The van der Waals surface area contributed by atoms with Gasteiger partial charge in [-0.15, -0.1) is 0 Å². The third-order valence-electron chi connectivity index (χ3n) is 14.4. The van der Waals surface area contributed by atoms with Crippen molar-refractivity contribution in [3.63, 3.8) is 0 Å². The number of esters is 5. The second-order valence-electron chi connectivity index (χ2n) is 18.9. The molecule has 0 radical (unpaired) electrons. The molecule has 3 fully saturated rings. The molecular weight excluding hydrogens is 911 g/mol. The van der Waals surface area contributed by atoms with Crippen LogP contribution in [0.1, 0.15) is 86.7 Å².